The first kappa shape index (κ1) is 21.0. The average molecular weight is 387 g/mol. The summed E-state index contributed by atoms with van der Waals surface area (Å²) < 4.78 is 0. The first-order chi connectivity index (χ1) is 13.3. The number of rotatable bonds is 5. The van der Waals surface area contributed by atoms with Crippen LogP contribution in [0.1, 0.15) is 105 Å². The summed E-state index contributed by atoms with van der Waals surface area (Å²) in [7, 11) is 0. The lowest BCUT2D eigenvalue weighted by atomic mass is 9.47. The van der Waals surface area contributed by atoms with E-state index in [1.807, 2.05) is 0 Å². The van der Waals surface area contributed by atoms with Gasteiger partial charge in [0.25, 0.3) is 0 Å². The summed E-state index contributed by atoms with van der Waals surface area (Å²) in [6, 6.07) is 0. The molecule has 28 heavy (non-hydrogen) atoms. The maximum Gasteiger partial charge on any atom is 0.0577 e. The van der Waals surface area contributed by atoms with E-state index in [0.29, 0.717) is 10.8 Å². The minimum absolute atomic E-state index is 0.0766. The van der Waals surface area contributed by atoms with Crippen molar-refractivity contribution in [3.05, 3.63) is 11.6 Å². The molecule has 0 amide bonds. The minimum atomic E-state index is -0.0766. The van der Waals surface area contributed by atoms with Crippen LogP contribution < -0.4 is 0 Å². The lowest BCUT2D eigenvalue weighted by Gasteiger charge is -2.58. The normalized spacial score (nSPS) is 46.5. The van der Waals surface area contributed by atoms with Crippen LogP contribution in [0.15, 0.2) is 11.6 Å². The summed E-state index contributed by atoms with van der Waals surface area (Å²) in [4.78, 5) is 0. The fourth-order valence-electron chi connectivity index (χ4n) is 8.67. The van der Waals surface area contributed by atoms with Crippen LogP contribution in [0.5, 0.6) is 0 Å². The predicted molar refractivity (Wildman–Crippen MR) is 119 cm³/mol. The van der Waals surface area contributed by atoms with Crippen LogP contribution in [0.4, 0.5) is 0 Å². The molecule has 0 aromatic heterocycles. The highest BCUT2D eigenvalue weighted by Gasteiger charge is 2.59. The molecule has 1 nitrogen and oxygen atoms in total. The van der Waals surface area contributed by atoms with Gasteiger partial charge in [-0.25, -0.2) is 0 Å². The molecule has 0 saturated heterocycles. The monoisotopic (exact) mass is 386 g/mol. The molecule has 8 atom stereocenters. The van der Waals surface area contributed by atoms with Crippen LogP contribution in [0.2, 0.25) is 0 Å². The van der Waals surface area contributed by atoms with E-state index in [1.165, 1.54) is 57.8 Å². The summed E-state index contributed by atoms with van der Waals surface area (Å²) in [5, 5.41) is 10.2. The Kier molecular flexibility index (Phi) is 5.80. The van der Waals surface area contributed by atoms with Crippen LogP contribution >= 0.6 is 0 Å². The maximum absolute atomic E-state index is 10.2. The van der Waals surface area contributed by atoms with E-state index in [0.717, 1.165) is 48.3 Å². The van der Waals surface area contributed by atoms with Gasteiger partial charge in [0, 0.05) is 0 Å². The van der Waals surface area contributed by atoms with Crippen molar-refractivity contribution in [2.75, 3.05) is 0 Å². The number of fused-ring (bicyclic) bond motifs is 5. The molecule has 0 spiro atoms. The highest BCUT2D eigenvalue weighted by Crippen LogP contribution is 2.67. The van der Waals surface area contributed by atoms with Crippen LogP contribution in [0.3, 0.4) is 0 Å². The molecule has 3 saturated carbocycles. The number of allylic oxidation sites excluding steroid dienone is 1. The summed E-state index contributed by atoms with van der Waals surface area (Å²) in [6.07, 6.45) is 17.2. The summed E-state index contributed by atoms with van der Waals surface area (Å²) in [6.45, 7) is 12.6. The Balaban J connectivity index is 1.49. The van der Waals surface area contributed by atoms with Crippen molar-refractivity contribution in [1.29, 1.82) is 0 Å². The van der Waals surface area contributed by atoms with Gasteiger partial charge in [-0.15, -0.1) is 0 Å². The Labute approximate surface area is 174 Å². The third-order valence-corrected chi connectivity index (χ3v) is 10.3. The first-order valence-corrected chi connectivity index (χ1v) is 12.6. The van der Waals surface area contributed by atoms with Gasteiger partial charge in [-0.1, -0.05) is 65.5 Å². The van der Waals surface area contributed by atoms with E-state index < -0.39 is 0 Å². The Morgan fingerprint density at radius 2 is 1.79 bits per heavy atom. The molecule has 4 aliphatic rings. The van der Waals surface area contributed by atoms with E-state index in [2.05, 4.69) is 40.7 Å². The van der Waals surface area contributed by atoms with E-state index in [1.54, 1.807) is 5.57 Å². The van der Waals surface area contributed by atoms with Gasteiger partial charge in [0.2, 0.25) is 0 Å². The van der Waals surface area contributed by atoms with Gasteiger partial charge >= 0.3 is 0 Å². The third kappa shape index (κ3) is 3.42. The van der Waals surface area contributed by atoms with Crippen molar-refractivity contribution in [3.8, 4) is 0 Å². The Morgan fingerprint density at radius 3 is 2.54 bits per heavy atom. The van der Waals surface area contributed by atoms with Gasteiger partial charge in [-0.2, -0.15) is 0 Å². The fraction of sp³-hybridized carbons (Fsp3) is 0.926. The molecule has 4 rings (SSSR count). The van der Waals surface area contributed by atoms with E-state index in [4.69, 9.17) is 0 Å². The van der Waals surface area contributed by atoms with Crippen molar-refractivity contribution in [2.45, 2.75) is 111 Å². The minimum Gasteiger partial charge on any atom is -0.393 e. The molecule has 4 aliphatic carbocycles. The van der Waals surface area contributed by atoms with E-state index in [-0.39, 0.29) is 6.10 Å². The molecular weight excluding hydrogens is 340 g/mol. The van der Waals surface area contributed by atoms with Gasteiger partial charge in [-0.3, -0.25) is 0 Å². The standard InChI is InChI=1S/C27H46O/c1-18(2)7-6-8-19(3)23-11-12-24-22-10-9-20-17-21(28)13-15-26(20,4)25(22)14-16-27(23,24)5/h9,18-19,21-25,28H,6-8,10-17H2,1-5H3/t19-,21-,22?,23?,24?,25?,26-,27+/m0/s1. The van der Waals surface area contributed by atoms with Crippen LogP contribution in [-0.4, -0.2) is 11.2 Å². The summed E-state index contributed by atoms with van der Waals surface area (Å²) in [5.41, 5.74) is 2.60. The second-order valence-electron chi connectivity index (χ2n) is 12.2. The quantitative estimate of drug-likeness (QED) is 0.488. The van der Waals surface area contributed by atoms with Crippen LogP contribution in [0, 0.1) is 46.3 Å². The van der Waals surface area contributed by atoms with Gasteiger partial charge < -0.3 is 5.11 Å². The molecule has 0 radical (unpaired) electrons. The van der Waals surface area contributed by atoms with Gasteiger partial charge in [0.05, 0.1) is 6.10 Å². The topological polar surface area (TPSA) is 20.2 Å². The van der Waals surface area contributed by atoms with Crippen molar-refractivity contribution in [2.24, 2.45) is 46.3 Å². The molecule has 4 unspecified atom stereocenters. The molecule has 3 fully saturated rings. The van der Waals surface area contributed by atoms with Crippen LogP contribution in [0.25, 0.3) is 0 Å². The molecule has 0 bridgehead atoms. The highest BCUT2D eigenvalue weighted by molar-refractivity contribution is 5.25. The molecule has 0 heterocycles. The number of aliphatic hydroxyl groups excluding tert-OH is 1. The zero-order chi connectivity index (χ0) is 20.1. The maximum atomic E-state index is 10.2. The van der Waals surface area contributed by atoms with Gasteiger partial charge in [0.15, 0.2) is 0 Å². The SMILES string of the molecule is CC(C)CCC[C@H](C)C1CCC2C3CC=C4C[C@@H](O)CC[C@]4(C)C3CC[C@@]21C. The molecule has 0 aromatic carbocycles. The zero-order valence-electron chi connectivity index (χ0n) is 19.3. The summed E-state index contributed by atoms with van der Waals surface area (Å²) in [5.74, 6) is 5.46. The molecular formula is C27H46O. The second-order valence-corrected chi connectivity index (χ2v) is 12.2. The van der Waals surface area contributed by atoms with Crippen molar-refractivity contribution >= 4 is 0 Å². The average Bonchev–Trinajstić information content (AvgIpc) is 2.99. The van der Waals surface area contributed by atoms with Gasteiger partial charge in [0.1, 0.15) is 0 Å². The van der Waals surface area contributed by atoms with Crippen molar-refractivity contribution < 1.29 is 5.11 Å². The number of hydrogen-bond donors (Lipinski definition) is 1. The van der Waals surface area contributed by atoms with Crippen LogP contribution in [-0.2, 0) is 0 Å². The van der Waals surface area contributed by atoms with E-state index >= 15 is 0 Å². The third-order valence-electron chi connectivity index (χ3n) is 10.3. The van der Waals surface area contributed by atoms with Gasteiger partial charge in [-0.05, 0) is 97.7 Å². The Hall–Kier alpha value is -0.300. The highest BCUT2D eigenvalue weighted by atomic mass is 16.3. The largest absolute Gasteiger partial charge is 0.393 e. The molecule has 0 aliphatic heterocycles. The molecule has 1 heteroatoms. The van der Waals surface area contributed by atoms with E-state index in [9.17, 15) is 5.11 Å². The first-order valence-electron chi connectivity index (χ1n) is 12.6. The molecule has 160 valence electrons. The predicted octanol–water partition coefficient (Wildman–Crippen LogP) is 7.39. The molecule has 1 N–H and O–H groups in total. The Bertz CT molecular complexity index is 591. The zero-order valence-corrected chi connectivity index (χ0v) is 19.3. The fourth-order valence-corrected chi connectivity index (χ4v) is 8.67. The smallest absolute Gasteiger partial charge is 0.0577 e. The number of hydrogen-bond acceptors (Lipinski definition) is 1. The van der Waals surface area contributed by atoms with Crippen molar-refractivity contribution in [3.63, 3.8) is 0 Å². The van der Waals surface area contributed by atoms with Crippen molar-refractivity contribution in [1.82, 2.24) is 0 Å². The Morgan fingerprint density at radius 1 is 1.00 bits per heavy atom. The lowest BCUT2D eigenvalue weighted by Crippen LogP contribution is -2.50. The lowest BCUT2D eigenvalue weighted by molar-refractivity contribution is -0.0573. The number of aliphatic hydroxyl groups is 1. The second kappa shape index (κ2) is 7.75. The molecule has 0 aromatic rings. The summed E-state index contributed by atoms with van der Waals surface area (Å²) >= 11 is 0.